The van der Waals surface area contributed by atoms with Crippen molar-refractivity contribution in [2.45, 2.75) is 32.7 Å². The van der Waals surface area contributed by atoms with Crippen molar-refractivity contribution in [1.82, 2.24) is 0 Å². The first kappa shape index (κ1) is 13.5. The summed E-state index contributed by atoms with van der Waals surface area (Å²) in [6, 6.07) is 0. The van der Waals surface area contributed by atoms with E-state index in [2.05, 4.69) is 0 Å². The Bertz CT molecular complexity index is 163. The minimum Gasteiger partial charge on any atom is -0.379 e. The smallest absolute Gasteiger partial charge is 0.177 e. The van der Waals surface area contributed by atoms with Gasteiger partial charge in [0.05, 0.1) is 18.8 Å². The molecule has 2 N–H and O–H groups in total. The van der Waals surface area contributed by atoms with Gasteiger partial charge in [0, 0.05) is 6.61 Å². The molecule has 0 amide bonds. The molecule has 4 nitrogen and oxygen atoms in total. The molecule has 0 radical (unpaired) electrons. The first-order valence-corrected chi connectivity index (χ1v) is 4.96. The van der Waals surface area contributed by atoms with Gasteiger partial charge in [-0.05, 0) is 20.3 Å². The lowest BCUT2D eigenvalue weighted by molar-refractivity contribution is -0.128. The molecule has 14 heavy (non-hydrogen) atoms. The number of hydrogen-bond acceptors (Lipinski definition) is 4. The van der Waals surface area contributed by atoms with E-state index in [0.717, 1.165) is 13.0 Å². The molecule has 0 saturated heterocycles. The molecule has 0 spiro atoms. The summed E-state index contributed by atoms with van der Waals surface area (Å²) in [5.74, 6) is -0.0898. The van der Waals surface area contributed by atoms with Crippen LogP contribution in [0.1, 0.15) is 27.2 Å². The maximum absolute atomic E-state index is 11.3. The van der Waals surface area contributed by atoms with Crippen molar-refractivity contribution in [3.63, 3.8) is 0 Å². The van der Waals surface area contributed by atoms with Crippen molar-refractivity contribution in [3.8, 4) is 0 Å². The van der Waals surface area contributed by atoms with Crippen LogP contribution >= 0.6 is 0 Å². The maximum atomic E-state index is 11.3. The Morgan fingerprint density at radius 2 is 1.79 bits per heavy atom. The van der Waals surface area contributed by atoms with E-state index in [0.29, 0.717) is 13.2 Å². The number of carbonyl (C=O) groups is 1. The molecule has 4 heteroatoms. The molecular weight excluding hydrogens is 182 g/mol. The third-order valence-corrected chi connectivity index (χ3v) is 1.67. The van der Waals surface area contributed by atoms with E-state index in [1.165, 1.54) is 0 Å². The standard InChI is InChI=1S/C10H21NO3/c1-4-5-13-6-7-14-8-9(12)10(2,3)11/h4-8,11H2,1-3H3. The molecular formula is C10H21NO3. The molecule has 0 aliphatic rings. The van der Waals surface area contributed by atoms with E-state index in [1.54, 1.807) is 13.8 Å². The van der Waals surface area contributed by atoms with Crippen molar-refractivity contribution >= 4 is 5.78 Å². The SMILES string of the molecule is CCCOCCOCC(=O)C(C)(C)N. The fraction of sp³-hybridized carbons (Fsp3) is 0.900. The second-order valence-electron chi connectivity index (χ2n) is 3.81. The topological polar surface area (TPSA) is 61.5 Å². The Morgan fingerprint density at radius 3 is 2.29 bits per heavy atom. The predicted molar refractivity (Wildman–Crippen MR) is 55.2 cm³/mol. The monoisotopic (exact) mass is 203 g/mol. The van der Waals surface area contributed by atoms with E-state index in [1.807, 2.05) is 6.92 Å². The molecule has 0 unspecified atom stereocenters. The van der Waals surface area contributed by atoms with E-state index in [4.69, 9.17) is 15.2 Å². The molecule has 0 bridgehead atoms. The van der Waals surface area contributed by atoms with Crippen LogP contribution in [-0.2, 0) is 14.3 Å². The van der Waals surface area contributed by atoms with Gasteiger partial charge in [0.2, 0.25) is 0 Å². The van der Waals surface area contributed by atoms with Crippen LogP contribution < -0.4 is 5.73 Å². The number of hydrogen-bond donors (Lipinski definition) is 1. The maximum Gasteiger partial charge on any atom is 0.177 e. The fourth-order valence-corrected chi connectivity index (χ4v) is 0.715. The van der Waals surface area contributed by atoms with Crippen LogP contribution in [0.4, 0.5) is 0 Å². The minimum absolute atomic E-state index is 0.0684. The quantitative estimate of drug-likeness (QED) is 0.591. The molecule has 0 aromatic carbocycles. The number of ether oxygens (including phenoxy) is 2. The number of Topliss-reactive ketones (excluding diaryl/α,β-unsaturated/α-hetero) is 1. The Hall–Kier alpha value is -0.450. The first-order valence-electron chi connectivity index (χ1n) is 4.96. The highest BCUT2D eigenvalue weighted by Gasteiger charge is 2.21. The summed E-state index contributed by atoms with van der Waals surface area (Å²) in [6.45, 7) is 7.17. The third kappa shape index (κ3) is 7.00. The summed E-state index contributed by atoms with van der Waals surface area (Å²) in [5.41, 5.74) is 4.78. The van der Waals surface area contributed by atoms with E-state index < -0.39 is 5.54 Å². The lowest BCUT2D eigenvalue weighted by Crippen LogP contribution is -2.43. The molecule has 0 heterocycles. The largest absolute Gasteiger partial charge is 0.379 e. The number of carbonyl (C=O) groups excluding carboxylic acids is 1. The van der Waals surface area contributed by atoms with Crippen molar-refractivity contribution < 1.29 is 14.3 Å². The highest BCUT2D eigenvalue weighted by molar-refractivity contribution is 5.88. The summed E-state index contributed by atoms with van der Waals surface area (Å²) in [7, 11) is 0. The molecule has 0 saturated carbocycles. The van der Waals surface area contributed by atoms with Gasteiger partial charge in [0.1, 0.15) is 6.61 Å². The number of nitrogens with two attached hydrogens (primary N) is 1. The predicted octanol–water partition coefficient (Wildman–Crippen LogP) is 0.736. The molecule has 0 rings (SSSR count). The van der Waals surface area contributed by atoms with Gasteiger partial charge in [-0.25, -0.2) is 0 Å². The molecule has 0 aliphatic carbocycles. The van der Waals surface area contributed by atoms with Crippen LogP contribution in [0.2, 0.25) is 0 Å². The summed E-state index contributed by atoms with van der Waals surface area (Å²) in [4.78, 5) is 11.3. The van der Waals surface area contributed by atoms with Gasteiger partial charge < -0.3 is 15.2 Å². The second kappa shape index (κ2) is 6.92. The average Bonchev–Trinajstić information content (AvgIpc) is 2.09. The molecule has 0 atom stereocenters. The summed E-state index contributed by atoms with van der Waals surface area (Å²) >= 11 is 0. The minimum atomic E-state index is -0.801. The van der Waals surface area contributed by atoms with Crippen molar-refractivity contribution in [1.29, 1.82) is 0 Å². The van der Waals surface area contributed by atoms with Crippen LogP contribution in [0.3, 0.4) is 0 Å². The van der Waals surface area contributed by atoms with Gasteiger partial charge in [0.15, 0.2) is 5.78 Å². The highest BCUT2D eigenvalue weighted by atomic mass is 16.5. The zero-order chi connectivity index (χ0) is 11.0. The summed E-state index contributed by atoms with van der Waals surface area (Å²) in [5, 5.41) is 0. The number of rotatable bonds is 8. The Morgan fingerprint density at radius 1 is 1.21 bits per heavy atom. The molecule has 84 valence electrons. The Kier molecular flexibility index (Phi) is 6.70. The first-order chi connectivity index (χ1) is 6.48. The zero-order valence-electron chi connectivity index (χ0n) is 9.34. The van der Waals surface area contributed by atoms with Gasteiger partial charge in [-0.3, -0.25) is 4.79 Å². The third-order valence-electron chi connectivity index (χ3n) is 1.67. The van der Waals surface area contributed by atoms with Gasteiger partial charge in [-0.15, -0.1) is 0 Å². The van der Waals surface area contributed by atoms with E-state index in [-0.39, 0.29) is 12.4 Å². The number of ketones is 1. The van der Waals surface area contributed by atoms with Crippen molar-refractivity contribution in [2.75, 3.05) is 26.4 Å². The van der Waals surface area contributed by atoms with Crippen LogP contribution in [0, 0.1) is 0 Å². The van der Waals surface area contributed by atoms with Gasteiger partial charge >= 0.3 is 0 Å². The van der Waals surface area contributed by atoms with Gasteiger partial charge in [-0.1, -0.05) is 6.92 Å². The average molecular weight is 203 g/mol. The van der Waals surface area contributed by atoms with Gasteiger partial charge in [0.25, 0.3) is 0 Å². The fourth-order valence-electron chi connectivity index (χ4n) is 0.715. The lowest BCUT2D eigenvalue weighted by Gasteiger charge is -2.16. The Labute approximate surface area is 85.8 Å². The Balaban J connectivity index is 3.33. The van der Waals surface area contributed by atoms with Crippen LogP contribution in [-0.4, -0.2) is 37.7 Å². The molecule has 0 aliphatic heterocycles. The zero-order valence-corrected chi connectivity index (χ0v) is 9.34. The van der Waals surface area contributed by atoms with Crippen LogP contribution in [0.15, 0.2) is 0 Å². The molecule has 0 aromatic rings. The van der Waals surface area contributed by atoms with Gasteiger partial charge in [-0.2, -0.15) is 0 Å². The lowest BCUT2D eigenvalue weighted by atomic mass is 10.0. The van der Waals surface area contributed by atoms with E-state index >= 15 is 0 Å². The summed E-state index contributed by atoms with van der Waals surface area (Å²) in [6.07, 6.45) is 0.995. The molecule has 0 aromatic heterocycles. The van der Waals surface area contributed by atoms with Crippen molar-refractivity contribution in [3.05, 3.63) is 0 Å². The second-order valence-corrected chi connectivity index (χ2v) is 3.81. The normalized spacial score (nSPS) is 11.7. The molecule has 0 fully saturated rings. The highest BCUT2D eigenvalue weighted by Crippen LogP contribution is 1.98. The van der Waals surface area contributed by atoms with Crippen LogP contribution in [0.25, 0.3) is 0 Å². The van der Waals surface area contributed by atoms with Crippen molar-refractivity contribution in [2.24, 2.45) is 5.73 Å². The summed E-state index contributed by atoms with van der Waals surface area (Å²) < 4.78 is 10.3. The van der Waals surface area contributed by atoms with E-state index in [9.17, 15) is 4.79 Å². The van der Waals surface area contributed by atoms with Crippen LogP contribution in [0.5, 0.6) is 0 Å².